The van der Waals surface area contributed by atoms with Crippen molar-refractivity contribution in [2.24, 2.45) is 0 Å². The summed E-state index contributed by atoms with van der Waals surface area (Å²) in [6.07, 6.45) is 1.16. The molecule has 2 fully saturated rings. The largest absolute Gasteiger partial charge is 0.380 e. The van der Waals surface area contributed by atoms with Crippen molar-refractivity contribution in [2.75, 3.05) is 26.9 Å². The molecule has 5 nitrogen and oxygen atoms in total. The minimum Gasteiger partial charge on any atom is -0.380 e. The number of hydrogen-bond acceptors (Lipinski definition) is 5. The molecule has 17 heavy (non-hydrogen) atoms. The fourth-order valence-electron chi connectivity index (χ4n) is 2.73. The van der Waals surface area contributed by atoms with Crippen LogP contribution < -0.4 is 5.32 Å². The highest BCUT2D eigenvalue weighted by Gasteiger charge is 2.44. The van der Waals surface area contributed by atoms with Gasteiger partial charge in [-0.15, -0.1) is 0 Å². The van der Waals surface area contributed by atoms with Crippen molar-refractivity contribution in [3.8, 4) is 0 Å². The van der Waals surface area contributed by atoms with E-state index in [1.54, 1.807) is 0 Å². The minimum absolute atomic E-state index is 0.00144. The van der Waals surface area contributed by atoms with Crippen LogP contribution in [0.1, 0.15) is 19.8 Å². The van der Waals surface area contributed by atoms with Crippen molar-refractivity contribution >= 4 is 9.84 Å². The van der Waals surface area contributed by atoms with E-state index in [4.69, 9.17) is 9.47 Å². The lowest BCUT2D eigenvalue weighted by Gasteiger charge is -2.33. The zero-order chi connectivity index (χ0) is 12.5. The fraction of sp³-hybridized carbons (Fsp3) is 1.00. The summed E-state index contributed by atoms with van der Waals surface area (Å²) in [5.41, 5.74) is 0. The summed E-state index contributed by atoms with van der Waals surface area (Å²) in [7, 11) is -1.37. The van der Waals surface area contributed by atoms with Gasteiger partial charge in [0.15, 0.2) is 9.84 Å². The van der Waals surface area contributed by atoms with Crippen LogP contribution in [0.4, 0.5) is 0 Å². The van der Waals surface area contributed by atoms with Gasteiger partial charge in [-0.1, -0.05) is 0 Å². The smallest absolute Gasteiger partial charge is 0.162 e. The molecular formula is C11H21NO4S. The zero-order valence-corrected chi connectivity index (χ0v) is 11.2. The Kier molecular flexibility index (Phi) is 4.07. The maximum absolute atomic E-state index is 12.6. The van der Waals surface area contributed by atoms with Crippen LogP contribution in [0.3, 0.4) is 0 Å². The van der Waals surface area contributed by atoms with E-state index in [-0.39, 0.29) is 17.4 Å². The zero-order valence-electron chi connectivity index (χ0n) is 10.4. The van der Waals surface area contributed by atoms with Crippen molar-refractivity contribution in [2.45, 2.75) is 42.4 Å². The molecule has 0 spiro atoms. The molecule has 6 heteroatoms. The summed E-state index contributed by atoms with van der Waals surface area (Å²) in [6, 6.07) is 0.00144. The van der Waals surface area contributed by atoms with Gasteiger partial charge >= 0.3 is 0 Å². The summed E-state index contributed by atoms with van der Waals surface area (Å²) in [6.45, 7) is 3.32. The molecule has 1 N–H and O–H groups in total. The molecule has 2 aliphatic rings. The average Bonchev–Trinajstić information content (AvgIpc) is 2.76. The van der Waals surface area contributed by atoms with Crippen LogP contribution in [-0.4, -0.2) is 57.9 Å². The maximum atomic E-state index is 12.6. The summed E-state index contributed by atoms with van der Waals surface area (Å²) in [5, 5.41) is 2.29. The van der Waals surface area contributed by atoms with E-state index in [0.717, 1.165) is 6.42 Å². The van der Waals surface area contributed by atoms with Gasteiger partial charge in [0.05, 0.1) is 18.0 Å². The number of hydrogen-bond donors (Lipinski definition) is 1. The molecule has 0 aliphatic carbocycles. The van der Waals surface area contributed by atoms with Crippen molar-refractivity contribution < 1.29 is 17.9 Å². The fourth-order valence-corrected chi connectivity index (χ4v) is 5.24. The van der Waals surface area contributed by atoms with Crippen molar-refractivity contribution in [1.29, 1.82) is 0 Å². The summed E-state index contributed by atoms with van der Waals surface area (Å²) in [5.74, 6) is 0. The summed E-state index contributed by atoms with van der Waals surface area (Å²) >= 11 is 0. The average molecular weight is 263 g/mol. The van der Waals surface area contributed by atoms with Gasteiger partial charge in [0, 0.05) is 19.3 Å². The van der Waals surface area contributed by atoms with E-state index in [9.17, 15) is 8.42 Å². The van der Waals surface area contributed by atoms with Gasteiger partial charge < -0.3 is 14.8 Å². The first-order valence-electron chi connectivity index (χ1n) is 6.16. The van der Waals surface area contributed by atoms with Gasteiger partial charge in [-0.05, 0) is 26.8 Å². The van der Waals surface area contributed by atoms with E-state index in [1.807, 2.05) is 14.0 Å². The second kappa shape index (κ2) is 5.22. The summed E-state index contributed by atoms with van der Waals surface area (Å²) in [4.78, 5) is 0. The van der Waals surface area contributed by atoms with Crippen LogP contribution in [0.2, 0.25) is 0 Å². The topological polar surface area (TPSA) is 64.6 Å². The number of nitrogens with one attached hydrogen (secondary N) is 1. The molecule has 2 saturated heterocycles. The SMILES string of the molecule is CNC1CCOCC1S(=O)(=O)C1CCOC1C. The number of rotatable bonds is 3. The highest BCUT2D eigenvalue weighted by Crippen LogP contribution is 2.27. The van der Waals surface area contributed by atoms with Gasteiger partial charge in [0.2, 0.25) is 0 Å². The molecule has 0 radical (unpaired) electrons. The van der Waals surface area contributed by atoms with Crippen LogP contribution in [0.15, 0.2) is 0 Å². The second-order valence-electron chi connectivity index (χ2n) is 4.79. The number of sulfone groups is 1. The van der Waals surface area contributed by atoms with Gasteiger partial charge in [0.1, 0.15) is 5.25 Å². The molecular weight excluding hydrogens is 242 g/mol. The third kappa shape index (κ3) is 2.50. The predicted octanol–water partition coefficient (Wildman–Crippen LogP) is -0.0445. The lowest BCUT2D eigenvalue weighted by molar-refractivity contribution is 0.0816. The maximum Gasteiger partial charge on any atom is 0.162 e. The first kappa shape index (κ1) is 13.3. The Morgan fingerprint density at radius 3 is 2.53 bits per heavy atom. The first-order valence-corrected chi connectivity index (χ1v) is 7.77. The lowest BCUT2D eigenvalue weighted by atomic mass is 10.1. The van der Waals surface area contributed by atoms with E-state index in [1.165, 1.54) is 0 Å². The molecule has 0 aromatic heterocycles. The molecule has 2 rings (SSSR count). The Labute approximate surface area is 103 Å². The Hall–Kier alpha value is -0.170. The Morgan fingerprint density at radius 2 is 1.94 bits per heavy atom. The molecule has 0 aromatic carbocycles. The molecule has 4 atom stereocenters. The standard InChI is InChI=1S/C11H21NO4S/c1-8-10(4-6-16-8)17(13,14)11-7-15-5-3-9(11)12-2/h8-12H,3-7H2,1-2H3. The van der Waals surface area contributed by atoms with Crippen LogP contribution >= 0.6 is 0 Å². The third-order valence-corrected chi connectivity index (χ3v) is 6.60. The molecule has 0 bridgehead atoms. The Bertz CT molecular complexity index is 356. The van der Waals surface area contributed by atoms with Gasteiger partial charge in [-0.3, -0.25) is 0 Å². The van der Waals surface area contributed by atoms with Gasteiger partial charge in [-0.2, -0.15) is 0 Å². The first-order chi connectivity index (χ1) is 8.07. The predicted molar refractivity (Wildman–Crippen MR) is 64.8 cm³/mol. The molecule has 0 aromatic rings. The van der Waals surface area contributed by atoms with Crippen LogP contribution in [0.5, 0.6) is 0 Å². The Balaban J connectivity index is 2.18. The second-order valence-corrected chi connectivity index (χ2v) is 7.18. The highest BCUT2D eigenvalue weighted by atomic mass is 32.2. The van der Waals surface area contributed by atoms with E-state index in [0.29, 0.717) is 26.2 Å². The molecule has 100 valence electrons. The molecule has 2 aliphatic heterocycles. The van der Waals surface area contributed by atoms with E-state index >= 15 is 0 Å². The normalized spacial score (nSPS) is 39.4. The monoisotopic (exact) mass is 263 g/mol. The van der Waals surface area contributed by atoms with Gasteiger partial charge in [0.25, 0.3) is 0 Å². The van der Waals surface area contributed by atoms with Crippen LogP contribution in [-0.2, 0) is 19.3 Å². The molecule has 4 unspecified atom stereocenters. The van der Waals surface area contributed by atoms with Crippen molar-refractivity contribution in [3.63, 3.8) is 0 Å². The Morgan fingerprint density at radius 1 is 1.18 bits per heavy atom. The molecule has 0 amide bonds. The lowest BCUT2D eigenvalue weighted by Crippen LogP contribution is -2.52. The van der Waals surface area contributed by atoms with Crippen LogP contribution in [0, 0.1) is 0 Å². The van der Waals surface area contributed by atoms with E-state index < -0.39 is 15.1 Å². The minimum atomic E-state index is -3.18. The quantitative estimate of drug-likeness (QED) is 0.774. The number of ether oxygens (including phenoxy) is 2. The molecule has 0 saturated carbocycles. The van der Waals surface area contributed by atoms with Gasteiger partial charge in [-0.25, -0.2) is 8.42 Å². The highest BCUT2D eigenvalue weighted by molar-refractivity contribution is 7.92. The summed E-state index contributed by atoms with van der Waals surface area (Å²) < 4.78 is 35.8. The van der Waals surface area contributed by atoms with Crippen molar-refractivity contribution in [1.82, 2.24) is 5.32 Å². The van der Waals surface area contributed by atoms with E-state index in [2.05, 4.69) is 5.32 Å². The van der Waals surface area contributed by atoms with Crippen molar-refractivity contribution in [3.05, 3.63) is 0 Å². The van der Waals surface area contributed by atoms with Crippen LogP contribution in [0.25, 0.3) is 0 Å². The molecule has 2 heterocycles. The third-order valence-electron chi connectivity index (χ3n) is 3.83.